The number of ether oxygens (including phenoxy) is 1. The number of aliphatic carboxylic acids is 1. The molecule has 0 radical (unpaired) electrons. The first kappa shape index (κ1) is 15.2. The largest absolute Gasteiger partial charge is 0.496 e. The third-order valence-electron chi connectivity index (χ3n) is 3.13. The number of anilines is 1. The van der Waals surface area contributed by atoms with Crippen LogP contribution in [0.15, 0.2) is 42.5 Å². The molecule has 5 heteroatoms. The molecule has 0 saturated heterocycles. The molecule has 0 saturated carbocycles. The Morgan fingerprint density at radius 1 is 1.24 bits per heavy atom. The number of benzene rings is 2. The van der Waals surface area contributed by atoms with E-state index in [2.05, 4.69) is 5.32 Å². The van der Waals surface area contributed by atoms with Gasteiger partial charge in [-0.2, -0.15) is 0 Å². The zero-order valence-electron chi connectivity index (χ0n) is 11.8. The monoisotopic (exact) mass is 305 g/mol. The van der Waals surface area contributed by atoms with E-state index in [1.54, 1.807) is 18.2 Å². The topological polar surface area (TPSA) is 58.6 Å². The van der Waals surface area contributed by atoms with Crippen molar-refractivity contribution in [3.05, 3.63) is 58.6 Å². The number of carboxylic acid groups (broad SMARTS) is 1. The summed E-state index contributed by atoms with van der Waals surface area (Å²) in [5, 5.41) is 12.8. The van der Waals surface area contributed by atoms with Gasteiger partial charge in [-0.3, -0.25) is 0 Å². The zero-order valence-corrected chi connectivity index (χ0v) is 12.5. The van der Waals surface area contributed by atoms with Gasteiger partial charge in [-0.05, 0) is 31.2 Å². The highest BCUT2D eigenvalue weighted by molar-refractivity contribution is 6.31. The number of nitrogens with one attached hydrogen (secondary N) is 1. The van der Waals surface area contributed by atoms with Crippen LogP contribution in [0.25, 0.3) is 0 Å². The number of carboxylic acids is 1. The third-order valence-corrected chi connectivity index (χ3v) is 3.46. The van der Waals surface area contributed by atoms with Crippen molar-refractivity contribution >= 4 is 23.3 Å². The van der Waals surface area contributed by atoms with Gasteiger partial charge in [0.15, 0.2) is 6.04 Å². The number of hydrogen-bond donors (Lipinski definition) is 2. The fourth-order valence-electron chi connectivity index (χ4n) is 2.05. The molecule has 1 atom stereocenters. The van der Waals surface area contributed by atoms with Gasteiger partial charge in [0.25, 0.3) is 0 Å². The van der Waals surface area contributed by atoms with Crippen molar-refractivity contribution in [2.75, 3.05) is 12.4 Å². The van der Waals surface area contributed by atoms with Crippen molar-refractivity contribution in [1.29, 1.82) is 0 Å². The summed E-state index contributed by atoms with van der Waals surface area (Å²) >= 11 is 6.16. The maximum absolute atomic E-state index is 11.6. The minimum atomic E-state index is -1.03. The van der Waals surface area contributed by atoms with Gasteiger partial charge in [-0.25, -0.2) is 4.79 Å². The first-order valence-corrected chi connectivity index (χ1v) is 6.79. The van der Waals surface area contributed by atoms with Gasteiger partial charge in [-0.1, -0.05) is 35.4 Å². The second-order valence-electron chi connectivity index (χ2n) is 4.64. The molecule has 0 aliphatic heterocycles. The van der Waals surface area contributed by atoms with Crippen molar-refractivity contribution in [2.45, 2.75) is 13.0 Å². The fraction of sp³-hybridized carbons (Fsp3) is 0.188. The maximum atomic E-state index is 11.6. The molecule has 0 aliphatic rings. The van der Waals surface area contributed by atoms with E-state index in [4.69, 9.17) is 16.3 Å². The first-order valence-electron chi connectivity index (χ1n) is 6.41. The lowest BCUT2D eigenvalue weighted by Gasteiger charge is -2.20. The Balaban J connectivity index is 2.40. The maximum Gasteiger partial charge on any atom is 0.331 e. The molecule has 110 valence electrons. The molecule has 0 fully saturated rings. The lowest BCUT2D eigenvalue weighted by atomic mass is 10.0. The summed E-state index contributed by atoms with van der Waals surface area (Å²) in [7, 11) is 1.49. The first-order chi connectivity index (χ1) is 10.0. The van der Waals surface area contributed by atoms with Crippen molar-refractivity contribution in [3.63, 3.8) is 0 Å². The average molecular weight is 306 g/mol. The SMILES string of the molecule is COc1cccc(Cl)c1C(Nc1ccc(C)cc1)C(=O)O. The van der Waals surface area contributed by atoms with Gasteiger partial charge in [-0.15, -0.1) is 0 Å². The molecule has 0 amide bonds. The molecule has 2 rings (SSSR count). The van der Waals surface area contributed by atoms with Crippen LogP contribution in [0.2, 0.25) is 5.02 Å². The van der Waals surface area contributed by atoms with Crippen LogP contribution in [-0.2, 0) is 4.79 Å². The van der Waals surface area contributed by atoms with E-state index in [0.29, 0.717) is 22.0 Å². The Kier molecular flexibility index (Phi) is 4.70. The molecule has 1 unspecified atom stereocenters. The number of rotatable bonds is 5. The Morgan fingerprint density at radius 2 is 1.90 bits per heavy atom. The van der Waals surface area contributed by atoms with Gasteiger partial charge >= 0.3 is 5.97 Å². The Morgan fingerprint density at radius 3 is 2.48 bits per heavy atom. The molecule has 2 aromatic carbocycles. The molecular formula is C16H16ClNO3. The number of halogens is 1. The van der Waals surface area contributed by atoms with Crippen LogP contribution in [0.5, 0.6) is 5.75 Å². The summed E-state index contributed by atoms with van der Waals surface area (Å²) in [6.45, 7) is 1.97. The summed E-state index contributed by atoms with van der Waals surface area (Å²) in [6, 6.07) is 11.5. The highest BCUT2D eigenvalue weighted by Crippen LogP contribution is 2.34. The minimum Gasteiger partial charge on any atom is -0.496 e. The van der Waals surface area contributed by atoms with E-state index in [1.807, 2.05) is 31.2 Å². The smallest absolute Gasteiger partial charge is 0.331 e. The molecule has 21 heavy (non-hydrogen) atoms. The molecule has 2 N–H and O–H groups in total. The summed E-state index contributed by atoms with van der Waals surface area (Å²) in [6.07, 6.45) is 0. The van der Waals surface area contributed by atoms with E-state index in [-0.39, 0.29) is 0 Å². The minimum absolute atomic E-state index is 0.348. The van der Waals surface area contributed by atoms with E-state index in [9.17, 15) is 9.90 Å². The van der Waals surface area contributed by atoms with E-state index >= 15 is 0 Å². The molecule has 0 aliphatic carbocycles. The van der Waals surface area contributed by atoms with E-state index in [1.165, 1.54) is 7.11 Å². The number of carbonyl (C=O) groups is 1. The van der Waals surface area contributed by atoms with E-state index < -0.39 is 12.0 Å². The number of aryl methyl sites for hydroxylation is 1. The second-order valence-corrected chi connectivity index (χ2v) is 5.04. The van der Waals surface area contributed by atoms with Crippen LogP contribution >= 0.6 is 11.6 Å². The summed E-state index contributed by atoms with van der Waals surface area (Å²) < 4.78 is 5.23. The van der Waals surface area contributed by atoms with Crippen molar-refractivity contribution in [1.82, 2.24) is 0 Å². The average Bonchev–Trinajstić information content (AvgIpc) is 2.46. The summed E-state index contributed by atoms with van der Waals surface area (Å²) in [5.41, 5.74) is 2.22. The normalized spacial score (nSPS) is 11.8. The predicted octanol–water partition coefficient (Wildman–Crippen LogP) is 3.89. The van der Waals surface area contributed by atoms with Crippen LogP contribution in [-0.4, -0.2) is 18.2 Å². The number of hydrogen-bond acceptors (Lipinski definition) is 3. The van der Waals surface area contributed by atoms with Crippen molar-refractivity contribution < 1.29 is 14.6 Å². The Hall–Kier alpha value is -2.20. The van der Waals surface area contributed by atoms with Gasteiger partial charge in [0.05, 0.1) is 12.1 Å². The fourth-order valence-corrected chi connectivity index (χ4v) is 2.32. The predicted molar refractivity (Wildman–Crippen MR) is 83.2 cm³/mol. The Labute approximate surface area is 128 Å². The summed E-state index contributed by atoms with van der Waals surface area (Å²) in [5.74, 6) is -0.587. The van der Waals surface area contributed by atoms with Gasteiger partial charge < -0.3 is 15.2 Å². The standard InChI is InChI=1S/C16H16ClNO3/c1-10-6-8-11(9-7-10)18-15(16(19)20)14-12(17)4-3-5-13(14)21-2/h3-9,15,18H,1-2H3,(H,19,20). The van der Waals surface area contributed by atoms with Crippen molar-refractivity contribution in [3.8, 4) is 5.75 Å². The lowest BCUT2D eigenvalue weighted by molar-refractivity contribution is -0.138. The third kappa shape index (κ3) is 3.47. The molecule has 0 bridgehead atoms. The molecule has 0 aromatic heterocycles. The highest BCUT2D eigenvalue weighted by atomic mass is 35.5. The van der Waals surface area contributed by atoms with Gasteiger partial charge in [0.2, 0.25) is 0 Å². The zero-order chi connectivity index (χ0) is 15.4. The molecule has 0 spiro atoms. The van der Waals surface area contributed by atoms with Crippen LogP contribution in [0.1, 0.15) is 17.2 Å². The van der Waals surface area contributed by atoms with Crippen LogP contribution in [0.3, 0.4) is 0 Å². The van der Waals surface area contributed by atoms with E-state index in [0.717, 1.165) is 5.56 Å². The molecule has 2 aromatic rings. The van der Waals surface area contributed by atoms with Gasteiger partial charge in [0.1, 0.15) is 5.75 Å². The van der Waals surface area contributed by atoms with Gasteiger partial charge in [0, 0.05) is 11.3 Å². The quantitative estimate of drug-likeness (QED) is 0.879. The molecule has 0 heterocycles. The number of methoxy groups -OCH3 is 1. The van der Waals surface area contributed by atoms with Crippen LogP contribution in [0, 0.1) is 6.92 Å². The summed E-state index contributed by atoms with van der Waals surface area (Å²) in [4.78, 5) is 11.6. The lowest BCUT2D eigenvalue weighted by Crippen LogP contribution is -2.21. The molecular weight excluding hydrogens is 290 g/mol. The van der Waals surface area contributed by atoms with Crippen molar-refractivity contribution in [2.24, 2.45) is 0 Å². The Bertz CT molecular complexity index is 640. The highest BCUT2D eigenvalue weighted by Gasteiger charge is 2.26. The van der Waals surface area contributed by atoms with Crippen LogP contribution in [0.4, 0.5) is 5.69 Å². The second kappa shape index (κ2) is 6.50. The molecule has 4 nitrogen and oxygen atoms in total. The van der Waals surface area contributed by atoms with Crippen LogP contribution < -0.4 is 10.1 Å².